The Morgan fingerprint density at radius 1 is 1.03 bits per heavy atom. The topological polar surface area (TPSA) is 74.8 Å². The van der Waals surface area contributed by atoms with Gasteiger partial charge in [-0.1, -0.05) is 58.2 Å². The first kappa shape index (κ1) is 23.9. The number of imide groups is 1. The molecular weight excluding hydrogens is 531 g/mol. The molecule has 9 heteroatoms. The first-order chi connectivity index (χ1) is 15.7. The van der Waals surface area contributed by atoms with Crippen LogP contribution in [-0.4, -0.2) is 40.1 Å². The highest BCUT2D eigenvalue weighted by molar-refractivity contribution is 9.10. The van der Waals surface area contributed by atoms with Gasteiger partial charge >= 0.3 is 0 Å². The smallest absolute Gasteiger partial charge is 0.274 e. The molecule has 6 nitrogen and oxygen atoms in total. The number of hydrogen-bond acceptors (Lipinski definition) is 4. The van der Waals surface area contributed by atoms with Crippen LogP contribution < -0.4 is 0 Å². The third kappa shape index (κ3) is 4.72. The van der Waals surface area contributed by atoms with E-state index in [0.29, 0.717) is 29.3 Å². The summed E-state index contributed by atoms with van der Waals surface area (Å²) >= 11 is 15.5. The number of benzene rings is 2. The van der Waals surface area contributed by atoms with E-state index in [-0.39, 0.29) is 10.6 Å². The molecule has 0 bridgehead atoms. The number of ketones is 1. The zero-order valence-electron chi connectivity index (χ0n) is 17.8. The Bertz CT molecular complexity index is 1140. The summed E-state index contributed by atoms with van der Waals surface area (Å²) in [4.78, 5) is 53.2. The predicted octanol–water partition coefficient (Wildman–Crippen LogP) is 5.42. The molecular formula is C24H21BrCl2N2O4. The van der Waals surface area contributed by atoms with Crippen LogP contribution in [0.3, 0.4) is 0 Å². The maximum atomic E-state index is 13.5. The van der Waals surface area contributed by atoms with Crippen molar-refractivity contribution in [3.05, 3.63) is 68.1 Å². The molecule has 0 aromatic heterocycles. The van der Waals surface area contributed by atoms with Crippen LogP contribution in [0.25, 0.3) is 0 Å². The van der Waals surface area contributed by atoms with Crippen LogP contribution in [0.15, 0.2) is 46.9 Å². The first-order valence-electron chi connectivity index (χ1n) is 10.6. The number of Topliss-reactive ketones (excluding diaryl/α,β-unsaturated/α-hetero) is 1. The quantitative estimate of drug-likeness (QED) is 0.367. The van der Waals surface area contributed by atoms with Crippen molar-refractivity contribution in [2.45, 2.75) is 26.2 Å². The van der Waals surface area contributed by atoms with Crippen LogP contribution >= 0.6 is 39.1 Å². The SMILES string of the molecule is C[C@@H]1CC[C@@H]2C(=O)N(N(CC(=O)c3ccc(Br)cc3)C(=O)c3ccc(Cl)cc3Cl)C(=O)[C@H]2C1. The standard InChI is InChI=1S/C24H21BrCl2N2O4/c1-13-2-8-17-19(10-13)24(33)29(23(17)32)28(12-21(30)14-3-5-15(25)6-4-14)22(31)18-9-7-16(26)11-20(18)27/h3-7,9,11,13,17,19H,2,8,10,12H2,1H3/t13-,17+,19+/m1/s1. The van der Waals surface area contributed by atoms with Gasteiger partial charge in [0.05, 0.1) is 22.4 Å². The van der Waals surface area contributed by atoms with Crippen molar-refractivity contribution in [1.82, 2.24) is 10.0 Å². The normalized spacial score (nSPS) is 22.3. The second kappa shape index (κ2) is 9.57. The molecule has 33 heavy (non-hydrogen) atoms. The number of rotatable bonds is 5. The Morgan fingerprint density at radius 3 is 2.36 bits per heavy atom. The van der Waals surface area contributed by atoms with Gasteiger partial charge in [0.25, 0.3) is 17.7 Å². The molecule has 2 aromatic carbocycles. The van der Waals surface area contributed by atoms with Crippen LogP contribution in [0, 0.1) is 17.8 Å². The van der Waals surface area contributed by atoms with E-state index in [1.165, 1.54) is 18.2 Å². The first-order valence-corrected chi connectivity index (χ1v) is 12.2. The van der Waals surface area contributed by atoms with Gasteiger partial charge in [-0.3, -0.25) is 19.2 Å². The fraction of sp³-hybridized carbons (Fsp3) is 0.333. The molecule has 2 aromatic rings. The van der Waals surface area contributed by atoms with Crippen molar-refractivity contribution in [1.29, 1.82) is 0 Å². The van der Waals surface area contributed by atoms with Crippen LogP contribution in [0.5, 0.6) is 0 Å². The highest BCUT2D eigenvalue weighted by Crippen LogP contribution is 2.41. The molecule has 0 N–H and O–H groups in total. The van der Waals surface area contributed by atoms with Crippen LogP contribution in [0.1, 0.15) is 46.9 Å². The number of hydrogen-bond donors (Lipinski definition) is 0. The van der Waals surface area contributed by atoms with Gasteiger partial charge in [-0.15, -0.1) is 0 Å². The molecule has 1 saturated heterocycles. The second-order valence-electron chi connectivity index (χ2n) is 8.54. The van der Waals surface area contributed by atoms with Crippen LogP contribution in [-0.2, 0) is 9.59 Å². The van der Waals surface area contributed by atoms with Gasteiger partial charge in [-0.25, -0.2) is 5.01 Å². The highest BCUT2D eigenvalue weighted by atomic mass is 79.9. The third-order valence-corrected chi connectivity index (χ3v) is 7.34. The van der Waals surface area contributed by atoms with Gasteiger partial charge in [0.1, 0.15) is 6.54 Å². The summed E-state index contributed by atoms with van der Waals surface area (Å²) in [5, 5.41) is 2.21. The van der Waals surface area contributed by atoms with Gasteiger partial charge < -0.3 is 0 Å². The average Bonchev–Trinajstić information content (AvgIpc) is 3.01. The molecule has 1 aliphatic carbocycles. The number of hydrazine groups is 1. The lowest BCUT2D eigenvalue weighted by Crippen LogP contribution is -2.52. The molecule has 0 unspecified atom stereocenters. The molecule has 0 spiro atoms. The molecule has 1 aliphatic heterocycles. The lowest BCUT2D eigenvalue weighted by molar-refractivity contribution is -0.154. The van der Waals surface area contributed by atoms with E-state index in [1.807, 2.05) is 6.92 Å². The Labute approximate surface area is 209 Å². The third-order valence-electron chi connectivity index (χ3n) is 6.26. The Kier molecular flexibility index (Phi) is 6.93. The van der Waals surface area contributed by atoms with Gasteiger partial charge in [0.15, 0.2) is 5.78 Å². The summed E-state index contributed by atoms with van der Waals surface area (Å²) in [5.41, 5.74) is 0.400. The van der Waals surface area contributed by atoms with Gasteiger partial charge in [-0.2, -0.15) is 5.01 Å². The monoisotopic (exact) mass is 550 g/mol. The average molecular weight is 552 g/mol. The second-order valence-corrected chi connectivity index (χ2v) is 10.3. The molecule has 0 radical (unpaired) electrons. The fourth-order valence-corrected chi connectivity index (χ4v) is 5.26. The number of halogens is 3. The minimum atomic E-state index is -0.712. The maximum absolute atomic E-state index is 13.5. The Balaban J connectivity index is 1.71. The van der Waals surface area contributed by atoms with Gasteiger partial charge in [-0.05, 0) is 55.5 Å². The van der Waals surface area contributed by atoms with E-state index in [9.17, 15) is 19.2 Å². The zero-order valence-corrected chi connectivity index (χ0v) is 20.9. The largest absolute Gasteiger partial charge is 0.292 e. The number of carbonyl (C=O) groups is 4. The van der Waals surface area contributed by atoms with E-state index in [4.69, 9.17) is 23.2 Å². The van der Waals surface area contributed by atoms with E-state index in [1.54, 1.807) is 24.3 Å². The van der Waals surface area contributed by atoms with E-state index < -0.39 is 41.9 Å². The minimum absolute atomic E-state index is 0.0495. The summed E-state index contributed by atoms with van der Waals surface area (Å²) < 4.78 is 0.794. The molecule has 4 rings (SSSR count). The lowest BCUT2D eigenvalue weighted by Gasteiger charge is -2.30. The summed E-state index contributed by atoms with van der Waals surface area (Å²) in [6.07, 6.45) is 2.00. The van der Waals surface area contributed by atoms with Gasteiger partial charge in [0.2, 0.25) is 0 Å². The Hall–Kier alpha value is -2.22. The minimum Gasteiger partial charge on any atom is -0.292 e. The van der Waals surface area contributed by atoms with Crippen molar-refractivity contribution in [3.63, 3.8) is 0 Å². The summed E-state index contributed by atoms with van der Waals surface area (Å²) in [5.74, 6) is -2.67. The van der Waals surface area contributed by atoms with Crippen molar-refractivity contribution in [2.75, 3.05) is 6.54 Å². The van der Waals surface area contributed by atoms with E-state index >= 15 is 0 Å². The number of amides is 3. The van der Waals surface area contributed by atoms with Crippen molar-refractivity contribution in [2.24, 2.45) is 17.8 Å². The van der Waals surface area contributed by atoms with Crippen molar-refractivity contribution in [3.8, 4) is 0 Å². The molecule has 3 amide bonds. The van der Waals surface area contributed by atoms with E-state index in [0.717, 1.165) is 20.9 Å². The molecule has 3 atom stereocenters. The molecule has 172 valence electrons. The fourth-order valence-electron chi connectivity index (χ4n) is 4.51. The number of fused-ring (bicyclic) bond motifs is 1. The summed E-state index contributed by atoms with van der Waals surface area (Å²) in [7, 11) is 0. The molecule has 2 fully saturated rings. The number of carbonyl (C=O) groups excluding carboxylic acids is 4. The van der Waals surface area contributed by atoms with E-state index in [2.05, 4.69) is 15.9 Å². The lowest BCUT2D eigenvalue weighted by atomic mass is 9.76. The molecule has 2 aliphatic rings. The number of nitrogens with zero attached hydrogens (tertiary/aromatic N) is 2. The maximum Gasteiger partial charge on any atom is 0.274 e. The predicted molar refractivity (Wildman–Crippen MR) is 128 cm³/mol. The van der Waals surface area contributed by atoms with Crippen molar-refractivity contribution >= 4 is 62.6 Å². The molecule has 1 saturated carbocycles. The summed E-state index contributed by atoms with van der Waals surface area (Å²) in [6, 6.07) is 10.9. The highest BCUT2D eigenvalue weighted by Gasteiger charge is 2.53. The van der Waals surface area contributed by atoms with Gasteiger partial charge in [0, 0.05) is 15.1 Å². The summed E-state index contributed by atoms with van der Waals surface area (Å²) in [6.45, 7) is 1.57. The van der Waals surface area contributed by atoms with Crippen LogP contribution in [0.2, 0.25) is 10.0 Å². The molecule has 1 heterocycles. The van der Waals surface area contributed by atoms with Crippen molar-refractivity contribution < 1.29 is 19.2 Å². The Morgan fingerprint density at radius 2 is 1.70 bits per heavy atom. The van der Waals surface area contributed by atoms with Crippen LogP contribution in [0.4, 0.5) is 0 Å². The zero-order chi connectivity index (χ0) is 23.9.